The molecular formula is C23H40. The zero-order valence-electron chi connectivity index (χ0n) is 16.8. The van der Waals surface area contributed by atoms with E-state index in [4.69, 9.17) is 0 Å². The number of hydrogen-bond donors (Lipinski definition) is 0. The van der Waals surface area contributed by atoms with Crippen LogP contribution in [-0.4, -0.2) is 0 Å². The van der Waals surface area contributed by atoms with Gasteiger partial charge in [0.2, 0.25) is 0 Å². The fourth-order valence-corrected chi connectivity index (χ4v) is 9.28. The molecule has 0 saturated heterocycles. The van der Waals surface area contributed by atoms with Crippen molar-refractivity contribution >= 4 is 0 Å². The van der Waals surface area contributed by atoms with Crippen molar-refractivity contribution in [1.82, 2.24) is 0 Å². The van der Waals surface area contributed by atoms with Gasteiger partial charge in [-0.2, -0.15) is 0 Å². The van der Waals surface area contributed by atoms with E-state index in [1.165, 1.54) is 25.7 Å². The summed E-state index contributed by atoms with van der Waals surface area (Å²) in [7, 11) is 0. The van der Waals surface area contributed by atoms with Crippen LogP contribution in [0.2, 0.25) is 0 Å². The molecule has 0 aromatic rings. The lowest BCUT2D eigenvalue weighted by molar-refractivity contribution is -0.290. The Hall–Kier alpha value is 0. The van der Waals surface area contributed by atoms with Gasteiger partial charge in [-0.3, -0.25) is 0 Å². The molecule has 0 aromatic heterocycles. The van der Waals surface area contributed by atoms with Crippen molar-refractivity contribution in [3.8, 4) is 0 Å². The van der Waals surface area contributed by atoms with E-state index in [2.05, 4.69) is 48.5 Å². The van der Waals surface area contributed by atoms with E-state index in [9.17, 15) is 0 Å². The summed E-state index contributed by atoms with van der Waals surface area (Å²) in [6.45, 7) is 18.4. The molecule has 0 N–H and O–H groups in total. The van der Waals surface area contributed by atoms with E-state index >= 15 is 0 Å². The molecule has 0 spiro atoms. The highest BCUT2D eigenvalue weighted by Crippen LogP contribution is 2.85. The van der Waals surface area contributed by atoms with E-state index in [0.29, 0.717) is 16.2 Å². The maximum Gasteiger partial charge on any atom is -0.0181 e. The zero-order chi connectivity index (χ0) is 16.8. The third-order valence-corrected chi connectivity index (χ3v) is 10.8. The van der Waals surface area contributed by atoms with E-state index < -0.39 is 0 Å². The Kier molecular flexibility index (Phi) is 3.43. The van der Waals surface area contributed by atoms with Crippen LogP contribution in [0, 0.1) is 57.7 Å². The highest BCUT2D eigenvalue weighted by molar-refractivity contribution is 5.27. The second-order valence-corrected chi connectivity index (χ2v) is 11.1. The Morgan fingerprint density at radius 3 is 2.26 bits per heavy atom. The molecule has 4 saturated carbocycles. The summed E-state index contributed by atoms with van der Waals surface area (Å²) in [6, 6.07) is 0. The minimum Gasteiger partial charge on any atom is -0.0654 e. The fraction of sp³-hybridized carbons (Fsp3) is 1.00. The van der Waals surface area contributed by atoms with Crippen molar-refractivity contribution in [3.05, 3.63) is 0 Å². The van der Waals surface area contributed by atoms with Crippen molar-refractivity contribution in [2.75, 3.05) is 0 Å². The fourth-order valence-electron chi connectivity index (χ4n) is 9.28. The molecule has 132 valence electrons. The molecule has 0 aliphatic heterocycles. The van der Waals surface area contributed by atoms with Gasteiger partial charge in [0, 0.05) is 0 Å². The first-order valence-electron chi connectivity index (χ1n) is 10.7. The summed E-state index contributed by atoms with van der Waals surface area (Å²) in [5, 5.41) is 0. The lowest BCUT2D eigenvalue weighted by Gasteiger charge is -2.77. The van der Waals surface area contributed by atoms with Crippen molar-refractivity contribution in [2.45, 2.75) is 87.0 Å². The molecule has 4 rings (SSSR count). The van der Waals surface area contributed by atoms with Crippen molar-refractivity contribution in [2.24, 2.45) is 57.7 Å². The molecule has 0 heterocycles. The van der Waals surface area contributed by atoms with Crippen LogP contribution in [-0.2, 0) is 0 Å². The standard InChI is InChI=1S/C23H40/c1-8-9-17-11-18-16(4)14(2)12-21(5)15(3)10-19-20(18)22(6,13-17)23(19,21)7/h14-20H,8-13H2,1-7H3. The summed E-state index contributed by atoms with van der Waals surface area (Å²) in [6.07, 6.45) is 8.97. The normalized spacial score (nSPS) is 64.0. The second-order valence-electron chi connectivity index (χ2n) is 11.1. The minimum absolute atomic E-state index is 0.579. The first kappa shape index (κ1) is 16.5. The molecule has 0 nitrogen and oxygen atoms in total. The monoisotopic (exact) mass is 316 g/mol. The summed E-state index contributed by atoms with van der Waals surface area (Å²) >= 11 is 0. The van der Waals surface area contributed by atoms with Crippen LogP contribution >= 0.6 is 0 Å². The van der Waals surface area contributed by atoms with Crippen molar-refractivity contribution < 1.29 is 0 Å². The molecule has 10 atom stereocenters. The molecule has 4 aliphatic rings. The van der Waals surface area contributed by atoms with Crippen LogP contribution in [0.25, 0.3) is 0 Å². The average molecular weight is 317 g/mol. The van der Waals surface area contributed by atoms with Gasteiger partial charge in [0.25, 0.3) is 0 Å². The molecule has 4 bridgehead atoms. The third-order valence-electron chi connectivity index (χ3n) is 10.8. The Labute approximate surface area is 145 Å². The molecule has 0 aromatic carbocycles. The largest absolute Gasteiger partial charge is 0.0654 e. The van der Waals surface area contributed by atoms with E-state index in [1.807, 2.05) is 0 Å². The summed E-state index contributed by atoms with van der Waals surface area (Å²) in [4.78, 5) is 0. The molecule has 4 fully saturated rings. The Morgan fingerprint density at radius 2 is 1.61 bits per heavy atom. The van der Waals surface area contributed by atoms with Gasteiger partial charge in [0.05, 0.1) is 0 Å². The Morgan fingerprint density at radius 1 is 0.913 bits per heavy atom. The van der Waals surface area contributed by atoms with E-state index in [1.54, 1.807) is 12.8 Å². The zero-order valence-corrected chi connectivity index (χ0v) is 16.8. The average Bonchev–Trinajstić information content (AvgIpc) is 2.67. The van der Waals surface area contributed by atoms with Gasteiger partial charge in [0.15, 0.2) is 0 Å². The van der Waals surface area contributed by atoms with Gasteiger partial charge in [-0.05, 0) is 83.4 Å². The van der Waals surface area contributed by atoms with Crippen LogP contribution < -0.4 is 0 Å². The van der Waals surface area contributed by atoms with Crippen LogP contribution in [0.15, 0.2) is 0 Å². The molecule has 23 heavy (non-hydrogen) atoms. The van der Waals surface area contributed by atoms with Crippen molar-refractivity contribution in [3.63, 3.8) is 0 Å². The van der Waals surface area contributed by atoms with Gasteiger partial charge in [0.1, 0.15) is 0 Å². The summed E-state index contributed by atoms with van der Waals surface area (Å²) < 4.78 is 0. The third kappa shape index (κ3) is 1.65. The van der Waals surface area contributed by atoms with Crippen LogP contribution in [0.5, 0.6) is 0 Å². The predicted octanol–water partition coefficient (Wildman–Crippen LogP) is 6.79. The SMILES string of the molecule is CCCC1CC2C(C)C(C)CC3(C)C(C)CC4C2C(C)(C1)C43C. The first-order valence-corrected chi connectivity index (χ1v) is 10.7. The Bertz CT molecular complexity index is 494. The topological polar surface area (TPSA) is 0 Å². The van der Waals surface area contributed by atoms with Gasteiger partial charge >= 0.3 is 0 Å². The summed E-state index contributed by atoms with van der Waals surface area (Å²) in [5.41, 5.74) is 1.83. The lowest BCUT2D eigenvalue weighted by atomic mass is 9.28. The molecular weight excluding hydrogens is 276 g/mol. The van der Waals surface area contributed by atoms with Crippen LogP contribution in [0.1, 0.15) is 87.0 Å². The van der Waals surface area contributed by atoms with E-state index in [-0.39, 0.29) is 0 Å². The maximum absolute atomic E-state index is 2.74. The molecule has 0 radical (unpaired) electrons. The number of hydrogen-bond acceptors (Lipinski definition) is 0. The van der Waals surface area contributed by atoms with Gasteiger partial charge in [-0.1, -0.05) is 61.3 Å². The highest BCUT2D eigenvalue weighted by atomic mass is 14.8. The lowest BCUT2D eigenvalue weighted by Crippen LogP contribution is -2.71. The van der Waals surface area contributed by atoms with Crippen molar-refractivity contribution in [1.29, 1.82) is 0 Å². The molecule has 10 unspecified atom stereocenters. The molecule has 0 heteroatoms. The predicted molar refractivity (Wildman–Crippen MR) is 99.1 cm³/mol. The van der Waals surface area contributed by atoms with Gasteiger partial charge in [-0.25, -0.2) is 0 Å². The maximum atomic E-state index is 2.74. The highest BCUT2D eigenvalue weighted by Gasteiger charge is 2.79. The van der Waals surface area contributed by atoms with Gasteiger partial charge < -0.3 is 0 Å². The molecule has 4 aliphatic carbocycles. The Balaban J connectivity index is 1.83. The van der Waals surface area contributed by atoms with Crippen LogP contribution in [0.4, 0.5) is 0 Å². The second kappa shape index (κ2) is 4.79. The van der Waals surface area contributed by atoms with Gasteiger partial charge in [-0.15, -0.1) is 0 Å². The summed E-state index contributed by atoms with van der Waals surface area (Å²) in [5.74, 6) is 6.90. The van der Waals surface area contributed by atoms with E-state index in [0.717, 1.165) is 41.4 Å². The minimum atomic E-state index is 0.579. The van der Waals surface area contributed by atoms with Crippen LogP contribution in [0.3, 0.4) is 0 Å². The quantitative estimate of drug-likeness (QED) is 0.526. The number of rotatable bonds is 2. The first-order chi connectivity index (χ1) is 10.7. The molecule has 0 amide bonds. The smallest absolute Gasteiger partial charge is 0.0181 e.